The maximum absolute atomic E-state index is 11.8. The Morgan fingerprint density at radius 3 is 2.85 bits per heavy atom. The smallest absolute Gasteiger partial charge is 0.254 e. The lowest BCUT2D eigenvalue weighted by molar-refractivity contribution is 0.0498. The number of carbonyl (C=O) groups excluding carboxylic acids is 1. The highest BCUT2D eigenvalue weighted by Gasteiger charge is 2.31. The van der Waals surface area contributed by atoms with E-state index >= 15 is 0 Å². The first-order valence-electron chi connectivity index (χ1n) is 9.03. The number of rotatable bonds is 6. The van der Waals surface area contributed by atoms with Crippen LogP contribution in [0.2, 0.25) is 0 Å². The monoisotopic (exact) mass is 370 g/mol. The van der Waals surface area contributed by atoms with Crippen molar-refractivity contribution < 1.29 is 9.53 Å². The molecule has 8 nitrogen and oxygen atoms in total. The zero-order chi connectivity index (χ0) is 19.4. The molecule has 1 aromatic heterocycles. The maximum Gasteiger partial charge on any atom is 0.254 e. The Morgan fingerprint density at radius 2 is 2.15 bits per heavy atom. The number of primary amides is 1. The second kappa shape index (κ2) is 8.32. The van der Waals surface area contributed by atoms with Crippen LogP contribution in [0.3, 0.4) is 0 Å². The summed E-state index contributed by atoms with van der Waals surface area (Å²) in [5.74, 6) is 0.163. The molecule has 1 amide bonds. The normalized spacial score (nSPS) is 22.3. The van der Waals surface area contributed by atoms with Crippen molar-refractivity contribution in [1.29, 1.82) is 0 Å². The van der Waals surface area contributed by atoms with E-state index in [1.165, 1.54) is 6.20 Å². The molecule has 1 aliphatic carbocycles. The predicted molar refractivity (Wildman–Crippen MR) is 105 cm³/mol. The summed E-state index contributed by atoms with van der Waals surface area (Å²) < 4.78 is 5.46. The average Bonchev–Trinajstić information content (AvgIpc) is 2.63. The second-order valence-electron chi connectivity index (χ2n) is 6.85. The number of hydrogen-bond donors (Lipinski definition) is 4. The number of amides is 1. The van der Waals surface area contributed by atoms with Gasteiger partial charge >= 0.3 is 0 Å². The lowest BCUT2D eigenvalue weighted by Crippen LogP contribution is -2.52. The standard InChI is InChI=1S/C19H26N6O2/c1-11-5-3-6-12(9-11)23-18-13(17(21)26)10-22-19(25-18)24-14-7-4-8-15(27-2)16(14)20/h3,5-6,9-10,14-16H,4,7-8,20H2,1-2H3,(H2,21,26)(H2,22,23,24,25)/t14-,15-,16-/m1/s1. The van der Waals surface area contributed by atoms with Gasteiger partial charge in [0.1, 0.15) is 11.4 Å². The van der Waals surface area contributed by atoms with Gasteiger partial charge in [0, 0.05) is 25.0 Å². The van der Waals surface area contributed by atoms with Crippen LogP contribution in [0.25, 0.3) is 0 Å². The first-order chi connectivity index (χ1) is 13.0. The van der Waals surface area contributed by atoms with Crippen LogP contribution in [0.4, 0.5) is 17.5 Å². The van der Waals surface area contributed by atoms with Crippen molar-refractivity contribution in [3.05, 3.63) is 41.6 Å². The number of nitrogens with two attached hydrogens (primary N) is 2. The van der Waals surface area contributed by atoms with Crippen LogP contribution >= 0.6 is 0 Å². The van der Waals surface area contributed by atoms with E-state index < -0.39 is 5.91 Å². The average molecular weight is 370 g/mol. The number of carbonyl (C=O) groups is 1. The van der Waals surface area contributed by atoms with E-state index in [1.54, 1.807) is 7.11 Å². The number of nitrogens with zero attached hydrogens (tertiary/aromatic N) is 2. The highest BCUT2D eigenvalue weighted by molar-refractivity contribution is 5.98. The van der Waals surface area contributed by atoms with Gasteiger partial charge in [0.15, 0.2) is 0 Å². The molecule has 2 aromatic rings. The van der Waals surface area contributed by atoms with Crippen molar-refractivity contribution in [1.82, 2.24) is 9.97 Å². The fourth-order valence-corrected chi connectivity index (χ4v) is 3.38. The minimum atomic E-state index is -0.592. The molecule has 3 rings (SSSR count). The van der Waals surface area contributed by atoms with E-state index in [0.717, 1.165) is 30.5 Å². The summed E-state index contributed by atoms with van der Waals surface area (Å²) in [6.07, 6.45) is 4.29. The van der Waals surface area contributed by atoms with Crippen LogP contribution in [-0.2, 0) is 4.74 Å². The fourth-order valence-electron chi connectivity index (χ4n) is 3.38. The number of methoxy groups -OCH3 is 1. The predicted octanol–water partition coefficient (Wildman–Crippen LogP) is 1.93. The van der Waals surface area contributed by atoms with Crippen molar-refractivity contribution in [2.24, 2.45) is 11.5 Å². The van der Waals surface area contributed by atoms with E-state index in [0.29, 0.717) is 11.8 Å². The van der Waals surface area contributed by atoms with Crippen LogP contribution < -0.4 is 22.1 Å². The maximum atomic E-state index is 11.8. The van der Waals surface area contributed by atoms with Gasteiger partial charge in [-0.15, -0.1) is 0 Å². The molecule has 6 N–H and O–H groups in total. The Labute approximate surface area is 158 Å². The first kappa shape index (κ1) is 19.1. The number of aromatic nitrogens is 2. The Bertz CT molecular complexity index is 813. The SMILES string of the molecule is CO[C@@H]1CCC[C@@H](Nc2ncc(C(N)=O)c(Nc3cccc(C)c3)n2)[C@H]1N. The van der Waals surface area contributed by atoms with Crippen LogP contribution in [-0.4, -0.2) is 41.2 Å². The molecule has 1 saturated carbocycles. The van der Waals surface area contributed by atoms with E-state index in [4.69, 9.17) is 16.2 Å². The van der Waals surface area contributed by atoms with Gasteiger partial charge in [-0.05, 0) is 43.9 Å². The molecule has 8 heteroatoms. The van der Waals surface area contributed by atoms with E-state index in [9.17, 15) is 4.79 Å². The van der Waals surface area contributed by atoms with E-state index in [2.05, 4.69) is 20.6 Å². The summed E-state index contributed by atoms with van der Waals surface area (Å²) in [7, 11) is 1.68. The van der Waals surface area contributed by atoms with Crippen molar-refractivity contribution in [2.45, 2.75) is 44.4 Å². The van der Waals surface area contributed by atoms with E-state index in [-0.39, 0.29) is 23.8 Å². The van der Waals surface area contributed by atoms with Gasteiger partial charge in [-0.1, -0.05) is 12.1 Å². The Hall–Kier alpha value is -2.71. The van der Waals surface area contributed by atoms with Gasteiger partial charge < -0.3 is 26.8 Å². The van der Waals surface area contributed by atoms with Crippen molar-refractivity contribution in [3.63, 3.8) is 0 Å². The topological polar surface area (TPSA) is 128 Å². The van der Waals surface area contributed by atoms with Gasteiger partial charge in [-0.25, -0.2) is 4.98 Å². The molecule has 0 aliphatic heterocycles. The highest BCUT2D eigenvalue weighted by atomic mass is 16.5. The molecule has 0 bridgehead atoms. The lowest BCUT2D eigenvalue weighted by Gasteiger charge is -2.35. The Kier molecular flexibility index (Phi) is 5.88. The van der Waals surface area contributed by atoms with Crippen LogP contribution in [0.5, 0.6) is 0 Å². The fraction of sp³-hybridized carbons (Fsp3) is 0.421. The number of nitrogens with one attached hydrogen (secondary N) is 2. The molecule has 1 aromatic carbocycles. The third-order valence-electron chi connectivity index (χ3n) is 4.85. The van der Waals surface area contributed by atoms with Crippen molar-refractivity contribution in [3.8, 4) is 0 Å². The lowest BCUT2D eigenvalue weighted by atomic mass is 9.88. The number of ether oxygens (including phenoxy) is 1. The van der Waals surface area contributed by atoms with Crippen molar-refractivity contribution >= 4 is 23.4 Å². The van der Waals surface area contributed by atoms with Gasteiger partial charge in [0.05, 0.1) is 12.1 Å². The molecule has 1 heterocycles. The third kappa shape index (κ3) is 4.53. The molecule has 0 spiro atoms. The molecule has 0 unspecified atom stereocenters. The van der Waals surface area contributed by atoms with Crippen LogP contribution in [0.15, 0.2) is 30.5 Å². The van der Waals surface area contributed by atoms with E-state index in [1.807, 2.05) is 31.2 Å². The molecule has 1 fully saturated rings. The summed E-state index contributed by atoms with van der Waals surface area (Å²) in [6.45, 7) is 1.99. The summed E-state index contributed by atoms with van der Waals surface area (Å²) >= 11 is 0. The molecular weight excluding hydrogens is 344 g/mol. The number of aryl methyl sites for hydroxylation is 1. The largest absolute Gasteiger partial charge is 0.380 e. The molecular formula is C19H26N6O2. The molecule has 144 valence electrons. The number of benzene rings is 1. The van der Waals surface area contributed by atoms with Gasteiger partial charge in [0.2, 0.25) is 5.95 Å². The van der Waals surface area contributed by atoms with Gasteiger partial charge in [-0.3, -0.25) is 4.79 Å². The van der Waals surface area contributed by atoms with Gasteiger partial charge in [0.25, 0.3) is 5.91 Å². The highest BCUT2D eigenvalue weighted by Crippen LogP contribution is 2.24. The summed E-state index contributed by atoms with van der Waals surface area (Å²) in [5.41, 5.74) is 13.9. The molecule has 0 radical (unpaired) electrons. The second-order valence-corrected chi connectivity index (χ2v) is 6.85. The minimum Gasteiger partial charge on any atom is -0.380 e. The van der Waals surface area contributed by atoms with Crippen molar-refractivity contribution in [2.75, 3.05) is 17.7 Å². The number of anilines is 3. The first-order valence-corrected chi connectivity index (χ1v) is 9.03. The zero-order valence-corrected chi connectivity index (χ0v) is 15.6. The Balaban J connectivity index is 1.83. The summed E-state index contributed by atoms with van der Waals surface area (Å²) in [4.78, 5) is 20.5. The Morgan fingerprint density at radius 1 is 1.33 bits per heavy atom. The zero-order valence-electron chi connectivity index (χ0n) is 15.6. The molecule has 27 heavy (non-hydrogen) atoms. The summed E-state index contributed by atoms with van der Waals surface area (Å²) in [5, 5.41) is 6.43. The van der Waals surface area contributed by atoms with Crippen LogP contribution in [0, 0.1) is 6.92 Å². The minimum absolute atomic E-state index is 0.00468. The molecule has 1 aliphatic rings. The third-order valence-corrected chi connectivity index (χ3v) is 4.85. The van der Waals surface area contributed by atoms with Gasteiger partial charge in [-0.2, -0.15) is 4.98 Å². The summed E-state index contributed by atoms with van der Waals surface area (Å²) in [6, 6.07) is 7.61. The van der Waals surface area contributed by atoms with Crippen LogP contribution in [0.1, 0.15) is 35.2 Å². The quantitative estimate of drug-likeness (QED) is 0.611. The molecule has 0 saturated heterocycles. The molecule has 3 atom stereocenters. The number of hydrogen-bond acceptors (Lipinski definition) is 7.